The Kier molecular flexibility index (Phi) is 12.5. The predicted molar refractivity (Wildman–Crippen MR) is 107 cm³/mol. The van der Waals surface area contributed by atoms with Crippen molar-refractivity contribution in [1.82, 2.24) is 10.2 Å². The number of carbonyl (C=O) groups excluding carboxylic acids is 1. The zero-order chi connectivity index (χ0) is 17.3. The van der Waals surface area contributed by atoms with Crippen molar-refractivity contribution in [2.45, 2.75) is 66.5 Å². The molecule has 0 aliphatic rings. The topological polar surface area (TPSA) is 80.0 Å². The van der Waals surface area contributed by atoms with E-state index >= 15 is 0 Å². The molecule has 1 amide bonds. The van der Waals surface area contributed by atoms with E-state index in [1.54, 1.807) is 4.90 Å². The number of hydrogen-bond donors (Lipinski definition) is 2. The van der Waals surface area contributed by atoms with Crippen molar-refractivity contribution >= 4 is 36.0 Å². The molecule has 138 valence electrons. The summed E-state index contributed by atoms with van der Waals surface area (Å²) in [5.74, 6) is 0.950. The third kappa shape index (κ3) is 13.4. The Morgan fingerprint density at radius 1 is 1.26 bits per heavy atom. The zero-order valence-corrected chi connectivity index (χ0v) is 18.0. The monoisotopic (exact) mass is 442 g/mol. The Bertz CT molecular complexity index is 366. The van der Waals surface area contributed by atoms with Crippen LogP contribution in [0, 0.1) is 5.92 Å². The molecule has 3 N–H and O–H groups in total. The normalized spacial score (nSPS) is 12.1. The highest BCUT2D eigenvalue weighted by Crippen LogP contribution is 2.12. The van der Waals surface area contributed by atoms with Gasteiger partial charge in [0.15, 0.2) is 5.96 Å². The van der Waals surface area contributed by atoms with Crippen LogP contribution in [-0.4, -0.2) is 48.2 Å². The van der Waals surface area contributed by atoms with Gasteiger partial charge in [-0.2, -0.15) is 0 Å². The van der Waals surface area contributed by atoms with Crippen LogP contribution in [0.5, 0.6) is 0 Å². The maximum Gasteiger partial charge on any atom is 0.410 e. The predicted octanol–water partition coefficient (Wildman–Crippen LogP) is 3.20. The first-order valence-corrected chi connectivity index (χ1v) is 8.06. The average molecular weight is 442 g/mol. The largest absolute Gasteiger partial charge is 0.444 e. The van der Waals surface area contributed by atoms with Gasteiger partial charge in [-0.3, -0.25) is 4.99 Å². The van der Waals surface area contributed by atoms with Gasteiger partial charge in [0.1, 0.15) is 5.60 Å². The fourth-order valence-electron chi connectivity index (χ4n) is 1.68. The van der Waals surface area contributed by atoms with Crippen LogP contribution in [0.1, 0.15) is 54.9 Å². The zero-order valence-electron chi connectivity index (χ0n) is 15.7. The second-order valence-electron chi connectivity index (χ2n) is 7.17. The first kappa shape index (κ1) is 24.5. The molecule has 7 heteroatoms. The molecule has 0 rings (SSSR count). The number of halogens is 1. The average Bonchev–Trinajstić information content (AvgIpc) is 2.33. The van der Waals surface area contributed by atoms with Gasteiger partial charge in [0, 0.05) is 25.7 Å². The third-order valence-electron chi connectivity index (χ3n) is 2.76. The standard InChI is InChI=1S/C16H34N4O2.HI/c1-12(2)11-19-14(17)18-9-8-10-20(13(3)4)15(21)22-16(5,6)7;/h12-13H,8-11H2,1-7H3,(H3,17,18,19);1H. The summed E-state index contributed by atoms with van der Waals surface area (Å²) in [6.45, 7) is 15.8. The molecule has 23 heavy (non-hydrogen) atoms. The van der Waals surface area contributed by atoms with Gasteiger partial charge in [0.05, 0.1) is 0 Å². The molecule has 0 unspecified atom stereocenters. The SMILES string of the molecule is CC(C)CN=C(N)NCCCN(C(=O)OC(C)(C)C)C(C)C.I. The Labute approximate surface area is 158 Å². The van der Waals surface area contributed by atoms with E-state index in [0.29, 0.717) is 25.0 Å². The maximum atomic E-state index is 12.1. The minimum absolute atomic E-state index is 0. The molecule has 0 spiro atoms. The van der Waals surface area contributed by atoms with Gasteiger partial charge in [-0.05, 0) is 47.0 Å². The second-order valence-corrected chi connectivity index (χ2v) is 7.17. The number of nitrogens with one attached hydrogen (secondary N) is 1. The lowest BCUT2D eigenvalue weighted by Crippen LogP contribution is -2.42. The second kappa shape index (κ2) is 11.8. The summed E-state index contributed by atoms with van der Waals surface area (Å²) in [5.41, 5.74) is 5.30. The highest BCUT2D eigenvalue weighted by molar-refractivity contribution is 14.0. The van der Waals surface area contributed by atoms with Gasteiger partial charge in [-0.25, -0.2) is 4.79 Å². The summed E-state index contributed by atoms with van der Waals surface area (Å²) in [6.07, 6.45) is 0.513. The van der Waals surface area contributed by atoms with E-state index in [4.69, 9.17) is 10.5 Å². The fourth-order valence-corrected chi connectivity index (χ4v) is 1.68. The number of ether oxygens (including phenoxy) is 1. The molecule has 0 aromatic carbocycles. The third-order valence-corrected chi connectivity index (χ3v) is 2.76. The van der Waals surface area contributed by atoms with Crippen molar-refractivity contribution < 1.29 is 9.53 Å². The van der Waals surface area contributed by atoms with E-state index in [2.05, 4.69) is 24.2 Å². The van der Waals surface area contributed by atoms with Gasteiger partial charge in [0.2, 0.25) is 0 Å². The van der Waals surface area contributed by atoms with Crippen LogP contribution in [-0.2, 0) is 4.74 Å². The van der Waals surface area contributed by atoms with Crippen LogP contribution < -0.4 is 11.1 Å². The first-order chi connectivity index (χ1) is 10.0. The van der Waals surface area contributed by atoms with E-state index < -0.39 is 5.60 Å². The van der Waals surface area contributed by atoms with Crippen LogP contribution in [0.3, 0.4) is 0 Å². The van der Waals surface area contributed by atoms with Crippen LogP contribution in [0.2, 0.25) is 0 Å². The summed E-state index contributed by atoms with van der Waals surface area (Å²) < 4.78 is 5.42. The molecule has 0 aromatic heterocycles. The molecule has 6 nitrogen and oxygen atoms in total. The number of guanidine groups is 1. The first-order valence-electron chi connectivity index (χ1n) is 8.06. The van der Waals surface area contributed by atoms with Gasteiger partial charge in [0.25, 0.3) is 0 Å². The minimum Gasteiger partial charge on any atom is -0.444 e. The van der Waals surface area contributed by atoms with Crippen molar-refractivity contribution in [1.29, 1.82) is 0 Å². The Morgan fingerprint density at radius 3 is 2.26 bits per heavy atom. The molecule has 0 radical (unpaired) electrons. The van der Waals surface area contributed by atoms with E-state index in [0.717, 1.165) is 13.0 Å². The van der Waals surface area contributed by atoms with Gasteiger partial charge < -0.3 is 20.7 Å². The quantitative estimate of drug-likeness (QED) is 0.275. The number of amides is 1. The van der Waals surface area contributed by atoms with Gasteiger partial charge >= 0.3 is 6.09 Å². The van der Waals surface area contributed by atoms with Gasteiger partial charge in [-0.15, -0.1) is 24.0 Å². The molecule has 0 bridgehead atoms. The van der Waals surface area contributed by atoms with E-state index in [-0.39, 0.29) is 36.1 Å². The molecule has 0 fully saturated rings. The lowest BCUT2D eigenvalue weighted by atomic mass is 10.2. The highest BCUT2D eigenvalue weighted by Gasteiger charge is 2.23. The number of rotatable bonds is 7. The van der Waals surface area contributed by atoms with Crippen LogP contribution in [0.25, 0.3) is 0 Å². The molecular weight excluding hydrogens is 407 g/mol. The molecule has 0 saturated carbocycles. The maximum absolute atomic E-state index is 12.1. The summed E-state index contributed by atoms with van der Waals surface area (Å²) in [5, 5.41) is 3.07. The van der Waals surface area contributed by atoms with Crippen LogP contribution >= 0.6 is 24.0 Å². The Balaban J connectivity index is 0. The van der Waals surface area contributed by atoms with Crippen molar-refractivity contribution in [2.75, 3.05) is 19.6 Å². The molecule has 0 heterocycles. The molecular formula is C16H35IN4O2. The fraction of sp³-hybridized carbons (Fsp3) is 0.875. The number of nitrogens with zero attached hydrogens (tertiary/aromatic N) is 2. The number of hydrogen-bond acceptors (Lipinski definition) is 3. The highest BCUT2D eigenvalue weighted by atomic mass is 127. The molecule has 0 aromatic rings. The summed E-state index contributed by atoms with van der Waals surface area (Å²) in [7, 11) is 0. The summed E-state index contributed by atoms with van der Waals surface area (Å²) >= 11 is 0. The summed E-state index contributed by atoms with van der Waals surface area (Å²) in [6, 6.07) is 0.0989. The van der Waals surface area contributed by atoms with Crippen LogP contribution in [0.4, 0.5) is 4.79 Å². The smallest absolute Gasteiger partial charge is 0.410 e. The van der Waals surface area contributed by atoms with Crippen LogP contribution in [0.15, 0.2) is 4.99 Å². The lowest BCUT2D eigenvalue weighted by Gasteiger charge is -2.30. The van der Waals surface area contributed by atoms with E-state index in [1.165, 1.54) is 0 Å². The summed E-state index contributed by atoms with van der Waals surface area (Å²) in [4.78, 5) is 18.1. The minimum atomic E-state index is -0.476. The molecule has 0 aliphatic carbocycles. The lowest BCUT2D eigenvalue weighted by molar-refractivity contribution is 0.0190. The molecule has 0 atom stereocenters. The molecule has 0 saturated heterocycles. The number of aliphatic imine (C=N–C) groups is 1. The van der Waals surface area contributed by atoms with Crippen molar-refractivity contribution in [3.05, 3.63) is 0 Å². The van der Waals surface area contributed by atoms with E-state index in [9.17, 15) is 4.79 Å². The molecule has 0 aliphatic heterocycles. The van der Waals surface area contributed by atoms with Crippen molar-refractivity contribution in [2.24, 2.45) is 16.6 Å². The van der Waals surface area contributed by atoms with E-state index in [1.807, 2.05) is 34.6 Å². The number of nitrogens with two attached hydrogens (primary N) is 1. The van der Waals surface area contributed by atoms with Crippen molar-refractivity contribution in [3.8, 4) is 0 Å². The van der Waals surface area contributed by atoms with Gasteiger partial charge in [-0.1, -0.05) is 13.8 Å². The Hall–Kier alpha value is -0.730. The van der Waals surface area contributed by atoms with Crippen molar-refractivity contribution in [3.63, 3.8) is 0 Å². The number of carbonyl (C=O) groups is 1. The Morgan fingerprint density at radius 2 is 1.83 bits per heavy atom.